The maximum absolute atomic E-state index is 12.5. The van der Waals surface area contributed by atoms with Crippen molar-refractivity contribution in [2.75, 3.05) is 40.3 Å². The van der Waals surface area contributed by atoms with Crippen molar-refractivity contribution in [2.24, 2.45) is 7.05 Å². The van der Waals surface area contributed by atoms with Crippen LogP contribution in [0.3, 0.4) is 0 Å². The topological polar surface area (TPSA) is 62.6 Å². The average molecular weight is 321 g/mol. The van der Waals surface area contributed by atoms with Crippen LogP contribution in [0.15, 0.2) is 12.4 Å². The zero-order valence-corrected chi connectivity index (χ0v) is 14.3. The summed E-state index contributed by atoms with van der Waals surface area (Å²) in [5.41, 5.74) is -0.138. The maximum atomic E-state index is 12.5. The number of likely N-dealkylation sites (N-methyl/N-ethyl adjacent to an activating group) is 1. The highest BCUT2D eigenvalue weighted by molar-refractivity contribution is 5.74. The molecule has 2 aliphatic rings. The highest BCUT2D eigenvalue weighted by Gasteiger charge is 2.38. The second-order valence-corrected chi connectivity index (χ2v) is 6.74. The summed E-state index contributed by atoms with van der Waals surface area (Å²) < 4.78 is 7.59. The van der Waals surface area contributed by atoms with E-state index in [9.17, 15) is 4.79 Å². The predicted octanol–water partition coefficient (Wildman–Crippen LogP) is 0.987. The number of rotatable bonds is 4. The smallest absolute Gasteiger partial charge is 0.317 e. The van der Waals surface area contributed by atoms with Crippen LogP contribution in [0.5, 0.6) is 0 Å². The Morgan fingerprint density at radius 1 is 1.43 bits per heavy atom. The first-order valence-electron chi connectivity index (χ1n) is 8.30. The molecule has 3 rings (SSSR count). The van der Waals surface area contributed by atoms with Gasteiger partial charge in [-0.05, 0) is 26.3 Å². The number of aryl methyl sites for hydroxylation is 1. The van der Waals surface area contributed by atoms with Crippen LogP contribution in [0.4, 0.5) is 4.79 Å². The van der Waals surface area contributed by atoms with Crippen LogP contribution in [0.2, 0.25) is 0 Å². The Kier molecular flexibility index (Phi) is 4.59. The molecular weight excluding hydrogens is 294 g/mol. The van der Waals surface area contributed by atoms with Gasteiger partial charge in [-0.1, -0.05) is 0 Å². The van der Waals surface area contributed by atoms with Crippen molar-refractivity contribution in [3.8, 4) is 0 Å². The fraction of sp³-hybridized carbons (Fsp3) is 0.750. The Balaban J connectivity index is 1.59. The second-order valence-electron chi connectivity index (χ2n) is 6.74. The molecule has 7 heteroatoms. The molecule has 0 spiro atoms. The first kappa shape index (κ1) is 16.3. The van der Waals surface area contributed by atoms with Crippen LogP contribution >= 0.6 is 0 Å². The fourth-order valence-electron chi connectivity index (χ4n) is 3.41. The lowest BCUT2D eigenvalue weighted by Gasteiger charge is -2.42. The normalized spacial score (nSPS) is 24.3. The summed E-state index contributed by atoms with van der Waals surface area (Å²) in [6, 6.07) is 0.134. The number of amides is 2. The van der Waals surface area contributed by atoms with E-state index in [1.54, 1.807) is 13.3 Å². The number of urea groups is 1. The molecule has 1 aliphatic carbocycles. The van der Waals surface area contributed by atoms with Crippen molar-refractivity contribution in [3.63, 3.8) is 0 Å². The summed E-state index contributed by atoms with van der Waals surface area (Å²) in [4.78, 5) is 21.1. The number of carbonyl (C=O) groups excluding carboxylic acids is 1. The number of nitrogens with one attached hydrogen (secondary N) is 1. The number of aromatic nitrogens is 2. The monoisotopic (exact) mass is 321 g/mol. The Morgan fingerprint density at radius 2 is 2.22 bits per heavy atom. The highest BCUT2D eigenvalue weighted by atomic mass is 16.5. The van der Waals surface area contributed by atoms with Gasteiger partial charge in [-0.25, -0.2) is 9.78 Å². The number of imidazole rings is 1. The lowest BCUT2D eigenvalue weighted by molar-refractivity contribution is -0.0681. The summed E-state index contributed by atoms with van der Waals surface area (Å²) in [6.07, 6.45) is 6.99. The van der Waals surface area contributed by atoms with Crippen molar-refractivity contribution in [3.05, 3.63) is 18.2 Å². The molecule has 1 N–H and O–H groups in total. The SMILES string of the molecule is COC1(CNC(=O)N2CCN(C)[C@H](c3nccn3C)C2)CCC1. The van der Waals surface area contributed by atoms with Gasteiger partial charge in [0, 0.05) is 52.7 Å². The highest BCUT2D eigenvalue weighted by Crippen LogP contribution is 2.34. The number of methoxy groups -OCH3 is 1. The van der Waals surface area contributed by atoms with Crippen LogP contribution < -0.4 is 5.32 Å². The lowest BCUT2D eigenvalue weighted by atomic mass is 9.80. The van der Waals surface area contributed by atoms with Gasteiger partial charge < -0.3 is 19.5 Å². The van der Waals surface area contributed by atoms with E-state index in [0.29, 0.717) is 13.1 Å². The van der Waals surface area contributed by atoms with Gasteiger partial charge in [-0.15, -0.1) is 0 Å². The van der Waals surface area contributed by atoms with Crippen LogP contribution in [0, 0.1) is 0 Å². The van der Waals surface area contributed by atoms with Gasteiger partial charge in [0.05, 0.1) is 11.6 Å². The first-order valence-corrected chi connectivity index (χ1v) is 8.30. The van der Waals surface area contributed by atoms with Gasteiger partial charge in [0.1, 0.15) is 5.82 Å². The van der Waals surface area contributed by atoms with E-state index >= 15 is 0 Å². The van der Waals surface area contributed by atoms with E-state index in [-0.39, 0.29) is 17.7 Å². The molecule has 23 heavy (non-hydrogen) atoms. The molecule has 0 aromatic carbocycles. The third-order valence-electron chi connectivity index (χ3n) is 5.35. The molecule has 1 saturated heterocycles. The van der Waals surface area contributed by atoms with E-state index < -0.39 is 0 Å². The zero-order valence-electron chi connectivity index (χ0n) is 14.3. The number of piperazine rings is 1. The van der Waals surface area contributed by atoms with Gasteiger partial charge in [0.2, 0.25) is 0 Å². The largest absolute Gasteiger partial charge is 0.376 e. The minimum absolute atomic E-state index is 0.000587. The minimum atomic E-state index is -0.138. The van der Waals surface area contributed by atoms with Crippen molar-refractivity contribution < 1.29 is 9.53 Å². The molecule has 2 fully saturated rings. The van der Waals surface area contributed by atoms with Gasteiger partial charge in [-0.3, -0.25) is 4.90 Å². The van der Waals surface area contributed by atoms with E-state index in [1.165, 1.54) is 6.42 Å². The number of hydrogen-bond acceptors (Lipinski definition) is 4. The summed E-state index contributed by atoms with van der Waals surface area (Å²) in [5, 5.41) is 3.06. The molecule has 7 nitrogen and oxygen atoms in total. The van der Waals surface area contributed by atoms with E-state index in [1.807, 2.05) is 22.7 Å². The summed E-state index contributed by atoms with van der Waals surface area (Å²) >= 11 is 0. The van der Waals surface area contributed by atoms with Gasteiger partial charge >= 0.3 is 6.03 Å². The number of carbonyl (C=O) groups is 1. The van der Waals surface area contributed by atoms with Gasteiger partial charge in [0.15, 0.2) is 0 Å². The minimum Gasteiger partial charge on any atom is -0.376 e. The molecule has 0 unspecified atom stereocenters. The number of hydrogen-bond donors (Lipinski definition) is 1. The van der Waals surface area contributed by atoms with Crippen molar-refractivity contribution in [2.45, 2.75) is 30.9 Å². The van der Waals surface area contributed by atoms with E-state index in [0.717, 1.165) is 31.8 Å². The zero-order chi connectivity index (χ0) is 16.4. The van der Waals surface area contributed by atoms with Crippen molar-refractivity contribution >= 4 is 6.03 Å². The number of ether oxygens (including phenoxy) is 1. The third-order valence-corrected chi connectivity index (χ3v) is 5.35. The second kappa shape index (κ2) is 6.49. The molecule has 1 aromatic rings. The molecule has 0 radical (unpaired) electrons. The molecule has 128 valence electrons. The Hall–Kier alpha value is -1.60. The predicted molar refractivity (Wildman–Crippen MR) is 87.1 cm³/mol. The van der Waals surface area contributed by atoms with E-state index in [2.05, 4.69) is 22.2 Å². The van der Waals surface area contributed by atoms with Gasteiger partial charge in [0.25, 0.3) is 0 Å². The lowest BCUT2D eigenvalue weighted by Crippen LogP contribution is -2.56. The van der Waals surface area contributed by atoms with Crippen LogP contribution in [-0.4, -0.2) is 71.3 Å². The van der Waals surface area contributed by atoms with Crippen LogP contribution in [0.25, 0.3) is 0 Å². The standard InChI is InChI=1S/C16H27N5O2/c1-19-9-10-21(11-13(19)14-17-7-8-20(14)2)15(22)18-12-16(23-3)5-4-6-16/h7-8,13H,4-6,9-12H2,1-3H3,(H,18,22)/t13-/m0/s1. The Bertz CT molecular complexity index is 549. The van der Waals surface area contributed by atoms with Crippen molar-refractivity contribution in [1.29, 1.82) is 0 Å². The average Bonchev–Trinajstić information content (AvgIpc) is 2.93. The third kappa shape index (κ3) is 3.21. The molecule has 1 aliphatic heterocycles. The summed E-state index contributed by atoms with van der Waals surface area (Å²) in [5.74, 6) is 0.998. The molecule has 2 heterocycles. The maximum Gasteiger partial charge on any atom is 0.317 e. The Labute approximate surface area is 137 Å². The van der Waals surface area contributed by atoms with Crippen molar-refractivity contribution in [1.82, 2.24) is 24.7 Å². The molecule has 2 amide bonds. The van der Waals surface area contributed by atoms with E-state index in [4.69, 9.17) is 4.74 Å². The fourth-order valence-corrected chi connectivity index (χ4v) is 3.41. The molecular formula is C16H27N5O2. The van der Waals surface area contributed by atoms with Crippen LogP contribution in [0.1, 0.15) is 31.1 Å². The van der Waals surface area contributed by atoms with Crippen LogP contribution in [-0.2, 0) is 11.8 Å². The quantitative estimate of drug-likeness (QED) is 0.898. The Morgan fingerprint density at radius 3 is 2.78 bits per heavy atom. The molecule has 1 saturated carbocycles. The molecule has 1 aromatic heterocycles. The number of nitrogens with zero attached hydrogens (tertiary/aromatic N) is 4. The molecule has 0 bridgehead atoms. The molecule has 1 atom stereocenters. The summed E-state index contributed by atoms with van der Waals surface area (Å²) in [6.45, 7) is 2.85. The summed E-state index contributed by atoms with van der Waals surface area (Å²) in [7, 11) is 5.81. The first-order chi connectivity index (χ1) is 11.0. The van der Waals surface area contributed by atoms with Gasteiger partial charge in [-0.2, -0.15) is 0 Å².